The van der Waals surface area contributed by atoms with Gasteiger partial charge in [-0.15, -0.1) is 6.42 Å². The molecule has 2 nitrogen and oxygen atoms in total. The molecule has 1 N–H and O–H groups in total. The molecule has 0 unspecified atom stereocenters. The average Bonchev–Trinajstić information content (AvgIpc) is 1.41. The van der Waals surface area contributed by atoms with Crippen LogP contribution in [0.5, 0.6) is 0 Å². The predicted molar refractivity (Wildman–Crippen MR) is 17.4 cm³/mol. The zero-order valence-corrected chi connectivity index (χ0v) is 4.61. The van der Waals surface area contributed by atoms with Crippen LogP contribution in [-0.4, -0.2) is 18.0 Å². The van der Waals surface area contributed by atoms with Gasteiger partial charge in [0, 0.05) is 25.2 Å². The fraction of sp³-hybridized carbons (Fsp3) is 0.667. The Labute approximate surface area is 48.4 Å². The quantitative estimate of drug-likeness (QED) is 0.502. The molecule has 1 radical (unpaired) electrons. The summed E-state index contributed by atoms with van der Waals surface area (Å²) in [6.45, 7) is -0.0799. The number of aliphatic hydroxyl groups is 1. The van der Waals surface area contributed by atoms with Gasteiger partial charge < -0.3 is 9.90 Å². The first kappa shape index (κ1) is 9.51. The summed E-state index contributed by atoms with van der Waals surface area (Å²) in [6, 6.07) is 0. The first-order valence-electron chi connectivity index (χ1n) is 1.37. The van der Waals surface area contributed by atoms with E-state index in [4.69, 9.17) is 9.90 Å². The van der Waals surface area contributed by atoms with Gasteiger partial charge in [0.15, 0.2) is 0 Å². The zero-order valence-electron chi connectivity index (χ0n) is 3.22. The van der Waals surface area contributed by atoms with Crippen LogP contribution in [0.3, 0.4) is 0 Å². The van der Waals surface area contributed by atoms with Gasteiger partial charge in [-0.1, -0.05) is 0 Å². The predicted octanol–water partition coefficient (Wildman–Crippen LogP) is -0.524. The second-order valence-corrected chi connectivity index (χ2v) is 0.618. The minimum atomic E-state index is -0.0799. The van der Waals surface area contributed by atoms with E-state index in [1.54, 1.807) is 0 Å². The molecule has 0 aliphatic heterocycles. The molecule has 0 saturated carbocycles. The van der Waals surface area contributed by atoms with Gasteiger partial charge in [-0.25, -0.2) is 0 Å². The van der Waals surface area contributed by atoms with Crippen molar-refractivity contribution in [3.05, 3.63) is 0 Å². The standard InChI is InChI=1S/C3H5O2.V/c4-2-1-3-5;/h4H,1-2H2;/q-1;. The fourth-order valence-electron chi connectivity index (χ4n) is 0.0456. The van der Waals surface area contributed by atoms with E-state index in [2.05, 4.69) is 0 Å². The molecule has 0 aliphatic carbocycles. The fourth-order valence-corrected chi connectivity index (χ4v) is 0.0456. The van der Waals surface area contributed by atoms with Gasteiger partial charge in [-0.3, -0.25) is 6.29 Å². The molecule has 0 aromatic heterocycles. The van der Waals surface area contributed by atoms with Crippen LogP contribution in [0.2, 0.25) is 0 Å². The summed E-state index contributed by atoms with van der Waals surface area (Å²) in [6.07, 6.45) is 1.66. The van der Waals surface area contributed by atoms with Crippen LogP contribution < -0.4 is 0 Å². The summed E-state index contributed by atoms with van der Waals surface area (Å²) in [4.78, 5) is 9.12. The summed E-state index contributed by atoms with van der Waals surface area (Å²) >= 11 is 0. The van der Waals surface area contributed by atoms with Gasteiger partial charge in [0.1, 0.15) is 0 Å². The van der Waals surface area contributed by atoms with Crippen LogP contribution in [-0.2, 0) is 23.4 Å². The Bertz CT molecular complexity index is 30.0. The van der Waals surface area contributed by atoms with E-state index >= 15 is 0 Å². The third-order valence-electron chi connectivity index (χ3n) is 0.214. The maximum Gasteiger partial charge on any atom is 0.0192 e. The van der Waals surface area contributed by atoms with Crippen LogP contribution in [0.15, 0.2) is 0 Å². The molecule has 0 saturated heterocycles. The molecule has 0 aromatic carbocycles. The monoisotopic (exact) mass is 124 g/mol. The maximum absolute atomic E-state index is 9.12. The van der Waals surface area contributed by atoms with E-state index in [9.17, 15) is 0 Å². The SMILES string of the molecule is O=[C-]CCO.[V]. The van der Waals surface area contributed by atoms with Gasteiger partial charge in [0.05, 0.1) is 0 Å². The van der Waals surface area contributed by atoms with Crippen molar-refractivity contribution in [3.63, 3.8) is 0 Å². The molecule has 0 aromatic rings. The molecular formula is C3H5O2V-. The van der Waals surface area contributed by atoms with E-state index in [0.29, 0.717) is 0 Å². The van der Waals surface area contributed by atoms with Gasteiger partial charge in [-0.05, 0) is 0 Å². The number of carbonyl (C=O) groups excluding carboxylic acids is 1. The molecule has 0 aliphatic rings. The second kappa shape index (κ2) is 8.96. The first-order valence-corrected chi connectivity index (χ1v) is 1.37. The Morgan fingerprint density at radius 3 is 2.17 bits per heavy atom. The van der Waals surface area contributed by atoms with Crippen LogP contribution in [0, 0.1) is 0 Å². The number of aliphatic hydroxyl groups excluding tert-OH is 1. The molecule has 35 valence electrons. The van der Waals surface area contributed by atoms with Crippen molar-refractivity contribution in [2.45, 2.75) is 6.42 Å². The average molecular weight is 124 g/mol. The Morgan fingerprint density at radius 1 is 1.67 bits per heavy atom. The van der Waals surface area contributed by atoms with Crippen molar-refractivity contribution in [1.82, 2.24) is 0 Å². The largest absolute Gasteiger partial charge is 0.542 e. The van der Waals surface area contributed by atoms with Crippen molar-refractivity contribution in [1.29, 1.82) is 0 Å². The van der Waals surface area contributed by atoms with Gasteiger partial charge in [0.2, 0.25) is 0 Å². The van der Waals surface area contributed by atoms with Crippen LogP contribution >= 0.6 is 0 Å². The summed E-state index contributed by atoms with van der Waals surface area (Å²) in [5.41, 5.74) is 0. The molecule has 0 fully saturated rings. The number of hydrogen-bond acceptors (Lipinski definition) is 2. The molecule has 0 rings (SSSR count). The topological polar surface area (TPSA) is 37.3 Å². The van der Waals surface area contributed by atoms with Crippen molar-refractivity contribution >= 4 is 6.29 Å². The Kier molecular flexibility index (Phi) is 14.2. The minimum Gasteiger partial charge on any atom is -0.542 e. The third-order valence-corrected chi connectivity index (χ3v) is 0.214. The van der Waals surface area contributed by atoms with Crippen LogP contribution in [0.25, 0.3) is 0 Å². The normalized spacial score (nSPS) is 6.17. The van der Waals surface area contributed by atoms with E-state index in [-0.39, 0.29) is 31.6 Å². The summed E-state index contributed by atoms with van der Waals surface area (Å²) in [5, 5.41) is 7.80. The van der Waals surface area contributed by atoms with Gasteiger partial charge >= 0.3 is 0 Å². The summed E-state index contributed by atoms with van der Waals surface area (Å²) < 4.78 is 0. The smallest absolute Gasteiger partial charge is 0.0192 e. The van der Waals surface area contributed by atoms with Crippen molar-refractivity contribution in [2.24, 2.45) is 0 Å². The van der Waals surface area contributed by atoms with E-state index in [1.165, 1.54) is 6.29 Å². The van der Waals surface area contributed by atoms with Crippen LogP contribution in [0.4, 0.5) is 0 Å². The van der Waals surface area contributed by atoms with Crippen molar-refractivity contribution in [2.75, 3.05) is 6.61 Å². The third kappa shape index (κ3) is 8.88. The van der Waals surface area contributed by atoms with E-state index in [0.717, 1.165) is 0 Å². The second-order valence-electron chi connectivity index (χ2n) is 0.618. The molecule has 0 heterocycles. The van der Waals surface area contributed by atoms with Gasteiger partial charge in [0.25, 0.3) is 0 Å². The zero-order chi connectivity index (χ0) is 4.12. The summed E-state index contributed by atoms with van der Waals surface area (Å²) in [5.74, 6) is 0. The molecule has 6 heavy (non-hydrogen) atoms. The Hall–Kier alpha value is 0.214. The van der Waals surface area contributed by atoms with E-state index in [1.807, 2.05) is 0 Å². The van der Waals surface area contributed by atoms with E-state index < -0.39 is 0 Å². The first-order chi connectivity index (χ1) is 2.41. The number of rotatable bonds is 2. The maximum atomic E-state index is 9.12. The molecule has 0 bridgehead atoms. The molecule has 3 heteroatoms. The molecule has 0 amide bonds. The minimum absolute atomic E-state index is 0. The molecule has 0 spiro atoms. The van der Waals surface area contributed by atoms with Gasteiger partial charge in [-0.2, -0.15) is 0 Å². The summed E-state index contributed by atoms with van der Waals surface area (Å²) in [7, 11) is 0. The molecule has 0 atom stereocenters. The number of hydrogen-bond donors (Lipinski definition) is 1. The Morgan fingerprint density at radius 2 is 2.17 bits per heavy atom. The van der Waals surface area contributed by atoms with Crippen LogP contribution in [0.1, 0.15) is 6.42 Å². The van der Waals surface area contributed by atoms with Crippen molar-refractivity contribution < 1.29 is 28.5 Å². The molecular weight excluding hydrogens is 119 g/mol. The van der Waals surface area contributed by atoms with Crippen molar-refractivity contribution in [3.8, 4) is 0 Å². The Balaban J connectivity index is 0.